The number of aromatic nitrogens is 1. The van der Waals surface area contributed by atoms with Crippen molar-refractivity contribution in [3.63, 3.8) is 0 Å². The van der Waals surface area contributed by atoms with Gasteiger partial charge in [-0.25, -0.2) is 0 Å². The van der Waals surface area contributed by atoms with Crippen LogP contribution in [0.4, 0.5) is 11.4 Å². The first-order valence-corrected chi connectivity index (χ1v) is 10.9. The largest absolute Gasteiger partial charge is 0.507 e. The highest BCUT2D eigenvalue weighted by Gasteiger charge is 2.47. The predicted octanol–water partition coefficient (Wildman–Crippen LogP) is 4.55. The van der Waals surface area contributed by atoms with Crippen molar-refractivity contribution in [3.8, 4) is 5.75 Å². The molecule has 1 unspecified atom stereocenters. The zero-order chi connectivity index (χ0) is 23.7. The number of anilines is 2. The summed E-state index contributed by atoms with van der Waals surface area (Å²) in [6, 6.07) is 15.0. The van der Waals surface area contributed by atoms with Gasteiger partial charge in [0.25, 0.3) is 11.7 Å². The maximum Gasteiger partial charge on any atom is 0.300 e. The molecule has 0 radical (unpaired) electrons. The Morgan fingerprint density at radius 1 is 1.06 bits per heavy atom. The molecule has 33 heavy (non-hydrogen) atoms. The highest BCUT2D eigenvalue weighted by Crippen LogP contribution is 2.42. The monoisotopic (exact) mass is 507 g/mol. The van der Waals surface area contributed by atoms with Crippen molar-refractivity contribution in [1.29, 1.82) is 0 Å². The van der Waals surface area contributed by atoms with Gasteiger partial charge in [-0.3, -0.25) is 19.5 Å². The maximum absolute atomic E-state index is 13.2. The number of ketones is 1. The SMILES string of the molecule is COc1ccc(/C(O)=C2/C(=O)C(=O)N(c3ccc(N(C)C)cc3)C2c2ccncc2)cc1Br. The van der Waals surface area contributed by atoms with Gasteiger partial charge in [0.1, 0.15) is 11.5 Å². The standard InChI is InChI=1S/C25H22BrN3O4/c1-28(2)17-5-7-18(8-6-17)29-22(15-10-12-27-13-11-15)21(24(31)25(29)32)23(30)16-4-9-20(33-3)19(26)14-16/h4-14,22,30H,1-3H3/b23-21-. The van der Waals surface area contributed by atoms with Crippen LogP contribution in [0.5, 0.6) is 5.75 Å². The highest BCUT2D eigenvalue weighted by atomic mass is 79.9. The molecule has 0 saturated carbocycles. The molecular weight excluding hydrogens is 486 g/mol. The van der Waals surface area contributed by atoms with Gasteiger partial charge < -0.3 is 14.7 Å². The van der Waals surface area contributed by atoms with Crippen molar-refractivity contribution in [2.75, 3.05) is 31.0 Å². The van der Waals surface area contributed by atoms with E-state index in [0.717, 1.165) is 5.69 Å². The Morgan fingerprint density at radius 2 is 1.73 bits per heavy atom. The van der Waals surface area contributed by atoms with E-state index in [4.69, 9.17) is 4.74 Å². The Kier molecular flexibility index (Phi) is 6.20. The van der Waals surface area contributed by atoms with Crippen molar-refractivity contribution < 1.29 is 19.4 Å². The molecule has 2 heterocycles. The Bertz CT molecular complexity index is 1240. The molecular formula is C25H22BrN3O4. The lowest BCUT2D eigenvalue weighted by Crippen LogP contribution is -2.29. The number of benzene rings is 2. The van der Waals surface area contributed by atoms with E-state index in [-0.39, 0.29) is 11.3 Å². The van der Waals surface area contributed by atoms with Crippen LogP contribution in [0, 0.1) is 0 Å². The molecule has 1 aliphatic heterocycles. The average Bonchev–Trinajstić information content (AvgIpc) is 3.09. The van der Waals surface area contributed by atoms with Crippen molar-refractivity contribution in [3.05, 3.63) is 88.2 Å². The summed E-state index contributed by atoms with van der Waals surface area (Å²) < 4.78 is 5.86. The number of nitrogens with zero attached hydrogens (tertiary/aromatic N) is 3. The van der Waals surface area contributed by atoms with Crippen molar-refractivity contribution >= 4 is 44.8 Å². The van der Waals surface area contributed by atoms with Gasteiger partial charge in [0.2, 0.25) is 0 Å². The number of rotatable bonds is 5. The first-order valence-electron chi connectivity index (χ1n) is 10.2. The second-order valence-corrected chi connectivity index (χ2v) is 8.56. The van der Waals surface area contributed by atoms with Crippen LogP contribution in [-0.4, -0.2) is 43.0 Å². The molecule has 1 aliphatic rings. The van der Waals surface area contributed by atoms with Crippen LogP contribution in [0.2, 0.25) is 0 Å². The molecule has 168 valence electrons. The average molecular weight is 508 g/mol. The number of methoxy groups -OCH3 is 1. The van der Waals surface area contributed by atoms with Crippen LogP contribution in [0.15, 0.2) is 77.0 Å². The number of carbonyl (C=O) groups is 2. The Balaban J connectivity index is 1.89. The van der Waals surface area contributed by atoms with Gasteiger partial charge in [0.05, 0.1) is 23.2 Å². The molecule has 8 heteroatoms. The summed E-state index contributed by atoms with van der Waals surface area (Å²) in [6.07, 6.45) is 3.18. The summed E-state index contributed by atoms with van der Waals surface area (Å²) >= 11 is 3.40. The topological polar surface area (TPSA) is 83.0 Å². The molecule has 2 aromatic carbocycles. The van der Waals surface area contributed by atoms with E-state index >= 15 is 0 Å². The van der Waals surface area contributed by atoms with Gasteiger partial charge in [0, 0.05) is 43.4 Å². The summed E-state index contributed by atoms with van der Waals surface area (Å²) in [4.78, 5) is 33.8. The summed E-state index contributed by atoms with van der Waals surface area (Å²) in [5, 5.41) is 11.2. The summed E-state index contributed by atoms with van der Waals surface area (Å²) in [5.41, 5.74) is 2.58. The Hall–Kier alpha value is -3.65. The number of halogens is 1. The van der Waals surface area contributed by atoms with E-state index < -0.39 is 17.7 Å². The molecule has 7 nitrogen and oxygen atoms in total. The van der Waals surface area contributed by atoms with Crippen LogP contribution >= 0.6 is 15.9 Å². The first kappa shape index (κ1) is 22.5. The third kappa shape index (κ3) is 4.09. The number of Topliss-reactive ketones (excluding diaryl/α,β-unsaturated/α-hetero) is 1. The third-order valence-electron chi connectivity index (χ3n) is 5.54. The highest BCUT2D eigenvalue weighted by molar-refractivity contribution is 9.10. The van der Waals surface area contributed by atoms with E-state index in [1.54, 1.807) is 54.9 Å². The second kappa shape index (κ2) is 9.07. The minimum atomic E-state index is -0.806. The normalized spacial score (nSPS) is 17.3. The lowest BCUT2D eigenvalue weighted by Gasteiger charge is -2.26. The van der Waals surface area contributed by atoms with E-state index in [9.17, 15) is 14.7 Å². The molecule has 0 spiro atoms. The number of pyridine rings is 1. The second-order valence-electron chi connectivity index (χ2n) is 7.71. The van der Waals surface area contributed by atoms with Crippen molar-refractivity contribution in [1.82, 2.24) is 4.98 Å². The van der Waals surface area contributed by atoms with Crippen LogP contribution in [0.25, 0.3) is 5.76 Å². The van der Waals surface area contributed by atoms with Gasteiger partial charge in [-0.05, 0) is 76.1 Å². The lowest BCUT2D eigenvalue weighted by atomic mass is 9.95. The van der Waals surface area contributed by atoms with Crippen LogP contribution < -0.4 is 14.5 Å². The number of ether oxygens (including phenoxy) is 1. The molecule has 1 fully saturated rings. The fourth-order valence-electron chi connectivity index (χ4n) is 3.84. The van der Waals surface area contributed by atoms with Gasteiger partial charge in [-0.2, -0.15) is 0 Å². The zero-order valence-electron chi connectivity index (χ0n) is 18.3. The lowest BCUT2D eigenvalue weighted by molar-refractivity contribution is -0.132. The fourth-order valence-corrected chi connectivity index (χ4v) is 4.38. The number of aliphatic hydroxyl groups excluding tert-OH is 1. The van der Waals surface area contributed by atoms with Crippen LogP contribution in [0.1, 0.15) is 17.2 Å². The van der Waals surface area contributed by atoms with E-state index in [2.05, 4.69) is 20.9 Å². The molecule has 1 saturated heterocycles. The van der Waals surface area contributed by atoms with E-state index in [1.807, 2.05) is 31.1 Å². The Labute approximate surface area is 200 Å². The minimum absolute atomic E-state index is 0.0138. The van der Waals surface area contributed by atoms with Gasteiger partial charge in [0.15, 0.2) is 0 Å². The zero-order valence-corrected chi connectivity index (χ0v) is 19.9. The van der Waals surface area contributed by atoms with Gasteiger partial charge >= 0.3 is 0 Å². The molecule has 1 atom stereocenters. The van der Waals surface area contributed by atoms with Crippen molar-refractivity contribution in [2.45, 2.75) is 6.04 Å². The molecule has 0 aliphatic carbocycles. The number of amides is 1. The smallest absolute Gasteiger partial charge is 0.300 e. The minimum Gasteiger partial charge on any atom is -0.507 e. The van der Waals surface area contributed by atoms with E-state index in [0.29, 0.717) is 27.0 Å². The molecule has 1 aromatic heterocycles. The number of carbonyl (C=O) groups excluding carboxylic acids is 2. The van der Waals surface area contributed by atoms with Crippen LogP contribution in [0.3, 0.4) is 0 Å². The predicted molar refractivity (Wildman–Crippen MR) is 130 cm³/mol. The summed E-state index contributed by atoms with van der Waals surface area (Å²) in [5.74, 6) is -1.13. The number of hydrogen-bond donors (Lipinski definition) is 1. The van der Waals surface area contributed by atoms with Crippen LogP contribution in [-0.2, 0) is 9.59 Å². The third-order valence-corrected chi connectivity index (χ3v) is 6.16. The van der Waals surface area contributed by atoms with E-state index in [1.165, 1.54) is 12.0 Å². The number of hydrogen-bond acceptors (Lipinski definition) is 6. The molecule has 3 aromatic rings. The first-order chi connectivity index (χ1) is 15.8. The van der Waals surface area contributed by atoms with Crippen molar-refractivity contribution in [2.24, 2.45) is 0 Å². The Morgan fingerprint density at radius 3 is 2.30 bits per heavy atom. The fraction of sp³-hybridized carbons (Fsp3) is 0.160. The quantitative estimate of drug-likeness (QED) is 0.310. The van der Waals surface area contributed by atoms with Gasteiger partial charge in [-0.15, -0.1) is 0 Å². The molecule has 1 N–H and O–H groups in total. The maximum atomic E-state index is 13.2. The molecule has 0 bridgehead atoms. The number of aliphatic hydroxyl groups is 1. The summed E-state index contributed by atoms with van der Waals surface area (Å²) in [6.45, 7) is 0. The van der Waals surface area contributed by atoms with Gasteiger partial charge in [-0.1, -0.05) is 0 Å². The summed E-state index contributed by atoms with van der Waals surface area (Å²) in [7, 11) is 5.38. The molecule has 4 rings (SSSR count). The molecule has 1 amide bonds.